The van der Waals surface area contributed by atoms with Gasteiger partial charge in [0.15, 0.2) is 0 Å². The van der Waals surface area contributed by atoms with Crippen LogP contribution in [0.5, 0.6) is 0 Å². The van der Waals surface area contributed by atoms with Gasteiger partial charge < -0.3 is 5.32 Å². The molecule has 2 unspecified atom stereocenters. The summed E-state index contributed by atoms with van der Waals surface area (Å²) in [5, 5.41) is 4.24. The lowest BCUT2D eigenvalue weighted by atomic mass is 10.0. The minimum atomic E-state index is 0.417. The highest BCUT2D eigenvalue weighted by Crippen LogP contribution is 2.28. The summed E-state index contributed by atoms with van der Waals surface area (Å²) in [5.41, 5.74) is 2.79. The highest BCUT2D eigenvalue weighted by molar-refractivity contribution is 7.99. The number of benzene rings is 2. The number of hydrogen-bond acceptors (Lipinski definition) is 2. The fraction of sp³-hybridized carbons (Fsp3) is 0.368. The quantitative estimate of drug-likeness (QED) is 0.732. The largest absolute Gasteiger partial charge is 0.309 e. The number of rotatable bonds is 8. The van der Waals surface area contributed by atoms with Crippen LogP contribution in [0.1, 0.15) is 37.4 Å². The third-order valence-electron chi connectivity index (χ3n) is 3.60. The minimum Gasteiger partial charge on any atom is -0.309 e. The zero-order valence-corrected chi connectivity index (χ0v) is 13.8. The fourth-order valence-electron chi connectivity index (χ4n) is 2.41. The van der Waals surface area contributed by atoms with E-state index in [1.54, 1.807) is 0 Å². The molecule has 21 heavy (non-hydrogen) atoms. The first-order valence-electron chi connectivity index (χ1n) is 7.75. The van der Waals surface area contributed by atoms with Crippen LogP contribution in [0.2, 0.25) is 0 Å². The van der Waals surface area contributed by atoms with Crippen molar-refractivity contribution in [3.05, 3.63) is 71.8 Å². The van der Waals surface area contributed by atoms with Crippen LogP contribution >= 0.6 is 11.8 Å². The van der Waals surface area contributed by atoms with Crippen LogP contribution in [0.25, 0.3) is 0 Å². The van der Waals surface area contributed by atoms with Gasteiger partial charge in [0.25, 0.3) is 0 Å². The molecule has 0 heterocycles. The molecule has 0 amide bonds. The summed E-state index contributed by atoms with van der Waals surface area (Å²) in [6, 6.07) is 21.9. The monoisotopic (exact) mass is 299 g/mol. The molecule has 0 fully saturated rings. The van der Waals surface area contributed by atoms with Gasteiger partial charge in [0.1, 0.15) is 0 Å². The van der Waals surface area contributed by atoms with Crippen LogP contribution in [-0.2, 0) is 5.75 Å². The normalized spacial score (nSPS) is 13.8. The smallest absolute Gasteiger partial charge is 0.0438 e. The van der Waals surface area contributed by atoms with E-state index in [-0.39, 0.29) is 0 Å². The zero-order chi connectivity index (χ0) is 14.9. The fourth-order valence-corrected chi connectivity index (χ4v) is 3.51. The maximum absolute atomic E-state index is 3.70. The lowest BCUT2D eigenvalue weighted by molar-refractivity contribution is 0.528. The molecule has 112 valence electrons. The number of hydrogen-bond donors (Lipinski definition) is 1. The van der Waals surface area contributed by atoms with Gasteiger partial charge in [-0.3, -0.25) is 0 Å². The number of nitrogens with one attached hydrogen (secondary N) is 1. The first kappa shape index (κ1) is 16.1. The summed E-state index contributed by atoms with van der Waals surface area (Å²) < 4.78 is 0. The van der Waals surface area contributed by atoms with Crippen LogP contribution in [0.4, 0.5) is 0 Å². The van der Waals surface area contributed by atoms with Crippen molar-refractivity contribution >= 4 is 11.8 Å². The third-order valence-corrected chi connectivity index (χ3v) is 4.90. The van der Waals surface area contributed by atoms with Gasteiger partial charge in [-0.2, -0.15) is 11.8 Å². The molecule has 0 radical (unpaired) electrons. The summed E-state index contributed by atoms with van der Waals surface area (Å²) in [6.07, 6.45) is 1.17. The van der Waals surface area contributed by atoms with E-state index in [4.69, 9.17) is 0 Å². The molecule has 0 aliphatic heterocycles. The molecule has 0 saturated heterocycles. The second-order valence-corrected chi connectivity index (χ2v) is 6.71. The second kappa shape index (κ2) is 8.91. The van der Waals surface area contributed by atoms with Crippen molar-refractivity contribution in [2.75, 3.05) is 6.54 Å². The van der Waals surface area contributed by atoms with Gasteiger partial charge in [0, 0.05) is 17.0 Å². The van der Waals surface area contributed by atoms with Crippen molar-refractivity contribution < 1.29 is 0 Å². The molecule has 2 rings (SSSR count). The van der Waals surface area contributed by atoms with Crippen LogP contribution in [0, 0.1) is 0 Å². The topological polar surface area (TPSA) is 12.0 Å². The molecule has 0 aliphatic carbocycles. The highest BCUT2D eigenvalue weighted by Gasteiger charge is 2.18. The second-order valence-electron chi connectivity index (χ2n) is 5.34. The Labute approximate surface area is 133 Å². The molecule has 2 aromatic rings. The average molecular weight is 299 g/mol. The zero-order valence-electron chi connectivity index (χ0n) is 13.0. The van der Waals surface area contributed by atoms with Crippen molar-refractivity contribution in [3.8, 4) is 0 Å². The Morgan fingerprint density at radius 3 is 2.19 bits per heavy atom. The van der Waals surface area contributed by atoms with E-state index in [1.165, 1.54) is 17.5 Å². The standard InChI is InChI=1S/C19H25NS/c1-3-14-20-19(18-12-8-5-9-13-18)16(2)21-15-17-10-6-4-7-11-17/h4-13,16,19-20H,3,14-15H2,1-2H3. The summed E-state index contributed by atoms with van der Waals surface area (Å²) in [6.45, 7) is 5.61. The van der Waals surface area contributed by atoms with Gasteiger partial charge >= 0.3 is 0 Å². The summed E-state index contributed by atoms with van der Waals surface area (Å²) >= 11 is 2.02. The van der Waals surface area contributed by atoms with E-state index in [1.807, 2.05) is 11.8 Å². The molecular weight excluding hydrogens is 274 g/mol. The lowest BCUT2D eigenvalue weighted by Crippen LogP contribution is -2.29. The van der Waals surface area contributed by atoms with Gasteiger partial charge in [0.05, 0.1) is 0 Å². The third kappa shape index (κ3) is 5.22. The van der Waals surface area contributed by atoms with Crippen molar-refractivity contribution in [2.45, 2.75) is 37.3 Å². The maximum Gasteiger partial charge on any atom is 0.0438 e. The Morgan fingerprint density at radius 1 is 0.952 bits per heavy atom. The van der Waals surface area contributed by atoms with E-state index >= 15 is 0 Å². The van der Waals surface area contributed by atoms with E-state index in [0.717, 1.165) is 12.3 Å². The maximum atomic E-state index is 3.70. The van der Waals surface area contributed by atoms with Crippen molar-refractivity contribution in [1.82, 2.24) is 5.32 Å². The SMILES string of the molecule is CCCNC(c1ccccc1)C(C)SCc1ccccc1. The Kier molecular flexibility index (Phi) is 6.84. The van der Waals surface area contributed by atoms with E-state index in [2.05, 4.69) is 79.8 Å². The van der Waals surface area contributed by atoms with Crippen LogP contribution in [0.15, 0.2) is 60.7 Å². The van der Waals surface area contributed by atoms with Crippen molar-refractivity contribution in [2.24, 2.45) is 0 Å². The molecule has 2 aromatic carbocycles. The Balaban J connectivity index is 1.99. The Bertz CT molecular complexity index is 497. The molecule has 0 aromatic heterocycles. The van der Waals surface area contributed by atoms with Gasteiger partial charge in [-0.1, -0.05) is 74.5 Å². The molecule has 0 saturated carbocycles. The molecule has 0 bridgehead atoms. The highest BCUT2D eigenvalue weighted by atomic mass is 32.2. The Hall–Kier alpha value is -1.25. The molecule has 1 N–H and O–H groups in total. The minimum absolute atomic E-state index is 0.417. The van der Waals surface area contributed by atoms with Crippen molar-refractivity contribution in [1.29, 1.82) is 0 Å². The van der Waals surface area contributed by atoms with Gasteiger partial charge in [-0.05, 0) is 24.1 Å². The number of thioether (sulfide) groups is 1. The summed E-state index contributed by atoms with van der Waals surface area (Å²) in [5.74, 6) is 1.07. The van der Waals surface area contributed by atoms with Crippen LogP contribution in [0.3, 0.4) is 0 Å². The molecular formula is C19H25NS. The molecule has 2 heteroatoms. The van der Waals surface area contributed by atoms with Crippen LogP contribution in [-0.4, -0.2) is 11.8 Å². The first-order chi connectivity index (χ1) is 10.3. The predicted molar refractivity (Wildman–Crippen MR) is 94.7 cm³/mol. The lowest BCUT2D eigenvalue weighted by Gasteiger charge is -2.25. The van der Waals surface area contributed by atoms with Gasteiger partial charge in [-0.15, -0.1) is 0 Å². The molecule has 0 spiro atoms. The van der Waals surface area contributed by atoms with E-state index in [9.17, 15) is 0 Å². The molecule has 2 atom stereocenters. The Morgan fingerprint density at radius 2 is 1.57 bits per heavy atom. The van der Waals surface area contributed by atoms with Crippen molar-refractivity contribution in [3.63, 3.8) is 0 Å². The molecule has 1 nitrogen and oxygen atoms in total. The average Bonchev–Trinajstić information content (AvgIpc) is 2.55. The molecule has 0 aliphatic rings. The predicted octanol–water partition coefficient (Wildman–Crippen LogP) is 5.05. The summed E-state index contributed by atoms with van der Waals surface area (Å²) in [7, 11) is 0. The van der Waals surface area contributed by atoms with E-state index < -0.39 is 0 Å². The van der Waals surface area contributed by atoms with Crippen LogP contribution < -0.4 is 5.32 Å². The van der Waals surface area contributed by atoms with Gasteiger partial charge in [-0.25, -0.2) is 0 Å². The summed E-state index contributed by atoms with van der Waals surface area (Å²) in [4.78, 5) is 0. The van der Waals surface area contributed by atoms with Gasteiger partial charge in [0.2, 0.25) is 0 Å². The van der Waals surface area contributed by atoms with E-state index in [0.29, 0.717) is 11.3 Å². The first-order valence-corrected chi connectivity index (χ1v) is 8.80.